The quantitative estimate of drug-likeness (QED) is 0.472. The van der Waals surface area contributed by atoms with E-state index in [2.05, 4.69) is 31.2 Å². The van der Waals surface area contributed by atoms with E-state index in [0.29, 0.717) is 0 Å². The highest BCUT2D eigenvalue weighted by Gasteiger charge is 2.09. The predicted molar refractivity (Wildman–Crippen MR) is 59.0 cm³/mol. The monoisotopic (exact) mass is 249 g/mol. The van der Waals surface area contributed by atoms with Crippen LogP contribution in [-0.4, -0.2) is 22.5 Å². The van der Waals surface area contributed by atoms with E-state index in [-0.39, 0.29) is 17.0 Å². The molecule has 92 valence electrons. The van der Waals surface area contributed by atoms with Gasteiger partial charge in [-0.25, -0.2) is 0 Å². The number of hydrazone groups is 1. The zero-order chi connectivity index (χ0) is 13.0. The molecule has 0 saturated heterocycles. The number of nitro benzene ring substituents is 1. The summed E-state index contributed by atoms with van der Waals surface area (Å²) in [6, 6.07) is 3.60. The number of hydrogen-bond donors (Lipinski definition) is 2. The molecule has 0 aromatic heterocycles. The summed E-state index contributed by atoms with van der Waals surface area (Å²) in [4.78, 5) is 9.99. The van der Waals surface area contributed by atoms with Gasteiger partial charge >= 0.3 is 0 Å². The molecule has 0 aliphatic carbocycles. The number of nitrogens with zero attached hydrogens (tertiary/aromatic N) is 6. The van der Waals surface area contributed by atoms with Crippen molar-refractivity contribution in [2.75, 3.05) is 0 Å². The molecule has 10 heteroatoms. The van der Waals surface area contributed by atoms with Crippen LogP contribution in [-0.2, 0) is 0 Å². The molecule has 0 unspecified atom stereocenters. The largest absolute Gasteiger partial charge is 0.507 e. The molecule has 1 aliphatic rings. The van der Waals surface area contributed by atoms with E-state index in [1.807, 2.05) is 0 Å². The van der Waals surface area contributed by atoms with E-state index in [9.17, 15) is 15.2 Å². The highest BCUT2D eigenvalue weighted by Crippen LogP contribution is 2.21. The summed E-state index contributed by atoms with van der Waals surface area (Å²) in [5.41, 5.74) is 2.53. The molecule has 0 atom stereocenters. The van der Waals surface area contributed by atoms with Crippen molar-refractivity contribution in [3.8, 4) is 5.75 Å². The number of nitro groups is 1. The number of aromatic hydroxyl groups is 1. The molecule has 2 rings (SSSR count). The number of hydrogen-bond acceptors (Lipinski definition) is 9. The second-order valence-corrected chi connectivity index (χ2v) is 3.17. The van der Waals surface area contributed by atoms with Gasteiger partial charge < -0.3 is 5.11 Å². The molecule has 2 N–H and O–H groups in total. The molecule has 18 heavy (non-hydrogen) atoms. The lowest BCUT2D eigenvalue weighted by molar-refractivity contribution is -0.384. The fourth-order valence-corrected chi connectivity index (χ4v) is 1.15. The molecule has 0 bridgehead atoms. The van der Waals surface area contributed by atoms with Gasteiger partial charge in [-0.2, -0.15) is 5.10 Å². The highest BCUT2D eigenvalue weighted by molar-refractivity contribution is 5.84. The summed E-state index contributed by atoms with van der Waals surface area (Å²) in [5, 5.41) is 37.3. The first-order chi connectivity index (χ1) is 8.66. The van der Waals surface area contributed by atoms with Gasteiger partial charge in [0.2, 0.25) is 0 Å². The Bertz CT molecular complexity index is 542. The van der Waals surface area contributed by atoms with Crippen LogP contribution in [0.4, 0.5) is 5.69 Å². The van der Waals surface area contributed by atoms with Crippen molar-refractivity contribution >= 4 is 11.9 Å². The summed E-state index contributed by atoms with van der Waals surface area (Å²) in [6.07, 6.45) is 0.508. The van der Waals surface area contributed by atoms with Crippen LogP contribution in [0.5, 0.6) is 5.75 Å². The highest BCUT2D eigenvalue weighted by atomic mass is 16.6. The Hall–Kier alpha value is -2.91. The average molecular weight is 249 g/mol. The molecule has 0 saturated carbocycles. The molecule has 0 fully saturated rings. The first-order valence-electron chi connectivity index (χ1n) is 4.73. The van der Waals surface area contributed by atoms with Crippen molar-refractivity contribution in [1.29, 1.82) is 0 Å². The number of phenolic OH excluding ortho intramolecular Hbond substituents is 1. The van der Waals surface area contributed by atoms with Crippen LogP contribution >= 0.6 is 0 Å². The van der Waals surface area contributed by atoms with Crippen molar-refractivity contribution in [3.63, 3.8) is 0 Å². The third-order valence-electron chi connectivity index (χ3n) is 1.98. The van der Waals surface area contributed by atoms with Crippen LogP contribution in [0.1, 0.15) is 5.56 Å². The molecule has 0 amide bonds. The Morgan fingerprint density at radius 3 is 2.83 bits per heavy atom. The van der Waals surface area contributed by atoms with E-state index in [1.54, 1.807) is 0 Å². The van der Waals surface area contributed by atoms with Gasteiger partial charge in [-0.1, -0.05) is 0 Å². The van der Waals surface area contributed by atoms with Crippen molar-refractivity contribution in [2.24, 2.45) is 25.8 Å². The molecule has 10 nitrogen and oxygen atoms in total. The molecule has 0 radical (unpaired) electrons. The van der Waals surface area contributed by atoms with Crippen LogP contribution in [0.3, 0.4) is 0 Å². The van der Waals surface area contributed by atoms with Crippen LogP contribution in [0.15, 0.2) is 44.0 Å². The van der Waals surface area contributed by atoms with Crippen LogP contribution in [0, 0.1) is 10.1 Å². The number of nitrogens with one attached hydrogen (secondary N) is 1. The minimum absolute atomic E-state index is 0.124. The fourth-order valence-electron chi connectivity index (χ4n) is 1.15. The summed E-state index contributed by atoms with van der Waals surface area (Å²) >= 11 is 0. The molecule has 1 aromatic rings. The van der Waals surface area contributed by atoms with Gasteiger partial charge in [0.15, 0.2) is 0 Å². The zero-order valence-corrected chi connectivity index (χ0v) is 8.83. The van der Waals surface area contributed by atoms with Gasteiger partial charge in [-0.3, -0.25) is 15.5 Å². The maximum Gasteiger partial charge on any atom is 0.270 e. The van der Waals surface area contributed by atoms with E-state index in [0.717, 1.165) is 0 Å². The first kappa shape index (κ1) is 11.6. The Morgan fingerprint density at radius 1 is 1.44 bits per heavy atom. The first-order valence-corrected chi connectivity index (χ1v) is 4.73. The second kappa shape index (κ2) is 4.95. The van der Waals surface area contributed by atoms with Gasteiger partial charge in [0.1, 0.15) is 5.75 Å². The van der Waals surface area contributed by atoms with E-state index in [1.165, 1.54) is 24.4 Å². The van der Waals surface area contributed by atoms with Crippen molar-refractivity contribution in [3.05, 3.63) is 33.9 Å². The zero-order valence-electron chi connectivity index (χ0n) is 8.83. The molecule has 1 heterocycles. The minimum atomic E-state index is -0.706. The molecule has 1 aliphatic heterocycles. The standard InChI is InChI=1S/C8H7N7O3/c16-7-2-1-6(15(17)18)3-5(7)4-9-10-8-11-13-14-12-8/h1-4,8,10,16H/b9-4+. The van der Waals surface area contributed by atoms with E-state index >= 15 is 0 Å². The maximum absolute atomic E-state index is 10.6. The van der Waals surface area contributed by atoms with Gasteiger partial charge in [0, 0.05) is 17.7 Å². The van der Waals surface area contributed by atoms with Crippen molar-refractivity contribution < 1.29 is 10.0 Å². The molecular formula is C8H7N7O3. The Morgan fingerprint density at radius 2 is 2.17 bits per heavy atom. The summed E-state index contributed by atoms with van der Waals surface area (Å²) < 4.78 is 0. The molecular weight excluding hydrogens is 242 g/mol. The number of rotatable bonds is 4. The lowest BCUT2D eigenvalue weighted by atomic mass is 10.2. The summed E-state index contributed by atoms with van der Waals surface area (Å²) in [7, 11) is 0. The van der Waals surface area contributed by atoms with E-state index < -0.39 is 11.2 Å². The van der Waals surface area contributed by atoms with Crippen LogP contribution < -0.4 is 5.43 Å². The lowest BCUT2D eigenvalue weighted by Gasteiger charge is -2.00. The third-order valence-corrected chi connectivity index (χ3v) is 1.98. The van der Waals surface area contributed by atoms with Gasteiger partial charge in [-0.05, 0) is 16.5 Å². The summed E-state index contributed by atoms with van der Waals surface area (Å²) in [5.74, 6) is -0.124. The Labute approximate surface area is 99.9 Å². The average Bonchev–Trinajstić information content (AvgIpc) is 2.84. The van der Waals surface area contributed by atoms with Gasteiger partial charge in [0.05, 0.1) is 11.1 Å². The Kier molecular flexibility index (Phi) is 3.18. The predicted octanol–water partition coefficient (Wildman–Crippen LogP) is 1.34. The number of benzene rings is 1. The normalized spacial score (nSPS) is 14.4. The van der Waals surface area contributed by atoms with Crippen molar-refractivity contribution in [1.82, 2.24) is 5.43 Å². The Balaban J connectivity index is 2.09. The number of non-ortho nitro benzene ring substituents is 1. The molecule has 0 spiro atoms. The van der Waals surface area contributed by atoms with Crippen LogP contribution in [0.2, 0.25) is 0 Å². The van der Waals surface area contributed by atoms with Gasteiger partial charge in [-0.15, -0.1) is 10.2 Å². The van der Waals surface area contributed by atoms with Crippen molar-refractivity contribution in [2.45, 2.75) is 6.29 Å². The lowest BCUT2D eigenvalue weighted by Crippen LogP contribution is -2.17. The smallest absolute Gasteiger partial charge is 0.270 e. The topological polar surface area (TPSA) is 137 Å². The third kappa shape index (κ3) is 2.61. The number of phenols is 1. The minimum Gasteiger partial charge on any atom is -0.507 e. The second-order valence-electron chi connectivity index (χ2n) is 3.17. The molecule has 1 aromatic carbocycles. The summed E-state index contributed by atoms with van der Waals surface area (Å²) in [6.45, 7) is 0. The van der Waals surface area contributed by atoms with E-state index in [4.69, 9.17) is 0 Å². The maximum atomic E-state index is 10.6. The fraction of sp³-hybridized carbons (Fsp3) is 0.125. The van der Waals surface area contributed by atoms with Crippen LogP contribution in [0.25, 0.3) is 0 Å². The van der Waals surface area contributed by atoms with Gasteiger partial charge in [0.25, 0.3) is 12.0 Å². The SMILES string of the molecule is O=[N+]([O-])c1ccc(O)c(/C=N/NC2N=NN=N2)c1.